The summed E-state index contributed by atoms with van der Waals surface area (Å²) in [5.74, 6) is 5.59. The standard InChI is InChI=1S/C11H14N2/c1-4-10-7-5-6-8-11(10)9(2)13(3)12/h4-8H,1-2,12H2,3H3. The number of nitrogens with two attached hydrogens (primary N) is 1. The van der Waals surface area contributed by atoms with Crippen molar-refractivity contribution in [3.8, 4) is 0 Å². The number of rotatable bonds is 3. The second-order valence-corrected chi connectivity index (χ2v) is 2.85. The summed E-state index contributed by atoms with van der Waals surface area (Å²) < 4.78 is 0. The van der Waals surface area contributed by atoms with E-state index in [2.05, 4.69) is 13.2 Å². The fourth-order valence-corrected chi connectivity index (χ4v) is 1.13. The Labute approximate surface area is 78.9 Å². The van der Waals surface area contributed by atoms with Crippen molar-refractivity contribution < 1.29 is 0 Å². The summed E-state index contributed by atoms with van der Waals surface area (Å²) in [6.45, 7) is 7.62. The summed E-state index contributed by atoms with van der Waals surface area (Å²) in [5, 5.41) is 1.50. The number of benzene rings is 1. The average Bonchev–Trinajstić information content (AvgIpc) is 2.16. The largest absolute Gasteiger partial charge is 0.314 e. The van der Waals surface area contributed by atoms with Crippen molar-refractivity contribution in [3.63, 3.8) is 0 Å². The Kier molecular flexibility index (Phi) is 2.88. The molecule has 0 aliphatic heterocycles. The minimum absolute atomic E-state index is 0.788. The molecule has 13 heavy (non-hydrogen) atoms. The molecule has 0 unspecified atom stereocenters. The zero-order chi connectivity index (χ0) is 9.84. The fourth-order valence-electron chi connectivity index (χ4n) is 1.13. The normalized spacial score (nSPS) is 9.38. The highest BCUT2D eigenvalue weighted by Crippen LogP contribution is 2.18. The molecule has 2 N–H and O–H groups in total. The molecule has 0 saturated heterocycles. The Balaban J connectivity index is 3.13. The Hall–Kier alpha value is -1.54. The van der Waals surface area contributed by atoms with Gasteiger partial charge in [0.05, 0.1) is 5.70 Å². The molecule has 1 rings (SSSR count). The van der Waals surface area contributed by atoms with Crippen LogP contribution in [0.1, 0.15) is 11.1 Å². The van der Waals surface area contributed by atoms with Crippen LogP contribution in [0.25, 0.3) is 11.8 Å². The SMILES string of the molecule is C=Cc1ccccc1C(=C)N(C)N. The van der Waals surface area contributed by atoms with Gasteiger partial charge in [0.25, 0.3) is 0 Å². The van der Waals surface area contributed by atoms with Crippen molar-refractivity contribution in [1.29, 1.82) is 0 Å². The van der Waals surface area contributed by atoms with Crippen LogP contribution in [-0.4, -0.2) is 12.1 Å². The molecule has 0 aliphatic carbocycles. The van der Waals surface area contributed by atoms with Crippen LogP contribution in [0.4, 0.5) is 0 Å². The van der Waals surface area contributed by atoms with E-state index in [4.69, 9.17) is 5.84 Å². The molecule has 0 atom stereocenters. The summed E-state index contributed by atoms with van der Waals surface area (Å²) in [7, 11) is 1.77. The van der Waals surface area contributed by atoms with E-state index in [1.807, 2.05) is 24.3 Å². The van der Waals surface area contributed by atoms with Gasteiger partial charge in [-0.05, 0) is 5.56 Å². The van der Waals surface area contributed by atoms with Crippen molar-refractivity contribution in [2.75, 3.05) is 7.05 Å². The van der Waals surface area contributed by atoms with Gasteiger partial charge < -0.3 is 5.01 Å². The highest BCUT2D eigenvalue weighted by Gasteiger charge is 2.03. The molecule has 0 aliphatic rings. The zero-order valence-electron chi connectivity index (χ0n) is 7.83. The van der Waals surface area contributed by atoms with E-state index in [0.717, 1.165) is 16.8 Å². The van der Waals surface area contributed by atoms with Crippen molar-refractivity contribution in [2.45, 2.75) is 0 Å². The first kappa shape index (κ1) is 9.55. The van der Waals surface area contributed by atoms with E-state index < -0.39 is 0 Å². The topological polar surface area (TPSA) is 29.3 Å². The molecule has 0 aromatic heterocycles. The molecule has 0 radical (unpaired) electrons. The monoisotopic (exact) mass is 174 g/mol. The number of hydrazine groups is 1. The van der Waals surface area contributed by atoms with E-state index in [0.29, 0.717) is 0 Å². The Morgan fingerprint density at radius 3 is 2.62 bits per heavy atom. The van der Waals surface area contributed by atoms with Gasteiger partial charge >= 0.3 is 0 Å². The molecule has 68 valence electrons. The third-order valence-electron chi connectivity index (χ3n) is 1.92. The molecule has 0 saturated carbocycles. The van der Waals surface area contributed by atoms with Crippen molar-refractivity contribution in [3.05, 3.63) is 48.6 Å². The van der Waals surface area contributed by atoms with E-state index in [9.17, 15) is 0 Å². The van der Waals surface area contributed by atoms with Gasteiger partial charge in [0, 0.05) is 12.6 Å². The van der Waals surface area contributed by atoms with Gasteiger partial charge in [0.2, 0.25) is 0 Å². The smallest absolute Gasteiger partial charge is 0.0520 e. The number of hydrogen-bond donors (Lipinski definition) is 1. The van der Waals surface area contributed by atoms with Crippen LogP contribution in [0.3, 0.4) is 0 Å². The maximum atomic E-state index is 5.59. The van der Waals surface area contributed by atoms with E-state index in [1.54, 1.807) is 13.1 Å². The quantitative estimate of drug-likeness (QED) is 0.561. The maximum absolute atomic E-state index is 5.59. The van der Waals surface area contributed by atoms with Crippen molar-refractivity contribution in [2.24, 2.45) is 5.84 Å². The van der Waals surface area contributed by atoms with Gasteiger partial charge in [-0.2, -0.15) is 0 Å². The van der Waals surface area contributed by atoms with E-state index in [1.165, 1.54) is 5.01 Å². The third kappa shape index (κ3) is 1.98. The summed E-state index contributed by atoms with van der Waals surface area (Å²) in [5.41, 5.74) is 2.85. The summed E-state index contributed by atoms with van der Waals surface area (Å²) >= 11 is 0. The van der Waals surface area contributed by atoms with E-state index >= 15 is 0 Å². The summed E-state index contributed by atoms with van der Waals surface area (Å²) in [6.07, 6.45) is 1.80. The summed E-state index contributed by atoms with van der Waals surface area (Å²) in [4.78, 5) is 0. The molecular formula is C11H14N2. The van der Waals surface area contributed by atoms with Crippen LogP contribution >= 0.6 is 0 Å². The number of hydrogen-bond acceptors (Lipinski definition) is 2. The van der Waals surface area contributed by atoms with Gasteiger partial charge in [-0.3, -0.25) is 0 Å². The highest BCUT2D eigenvalue weighted by atomic mass is 15.4. The van der Waals surface area contributed by atoms with Crippen molar-refractivity contribution in [1.82, 2.24) is 5.01 Å². The lowest BCUT2D eigenvalue weighted by atomic mass is 10.1. The molecule has 0 fully saturated rings. The zero-order valence-corrected chi connectivity index (χ0v) is 7.83. The molecule has 0 heterocycles. The second-order valence-electron chi connectivity index (χ2n) is 2.85. The fraction of sp³-hybridized carbons (Fsp3) is 0.0909. The van der Waals surface area contributed by atoms with Crippen LogP contribution < -0.4 is 5.84 Å². The molecule has 0 bridgehead atoms. The van der Waals surface area contributed by atoms with Crippen LogP contribution in [0.15, 0.2) is 37.4 Å². The van der Waals surface area contributed by atoms with Gasteiger partial charge in [-0.15, -0.1) is 0 Å². The highest BCUT2D eigenvalue weighted by molar-refractivity contribution is 5.71. The first-order valence-electron chi connectivity index (χ1n) is 4.06. The van der Waals surface area contributed by atoms with Crippen LogP contribution in [-0.2, 0) is 0 Å². The molecule has 1 aromatic rings. The van der Waals surface area contributed by atoms with Crippen molar-refractivity contribution >= 4 is 11.8 Å². The Morgan fingerprint density at radius 2 is 2.08 bits per heavy atom. The number of nitrogens with zero attached hydrogens (tertiary/aromatic N) is 1. The lowest BCUT2D eigenvalue weighted by Crippen LogP contribution is -2.23. The van der Waals surface area contributed by atoms with Crippen LogP contribution in [0, 0.1) is 0 Å². The maximum Gasteiger partial charge on any atom is 0.0520 e. The minimum Gasteiger partial charge on any atom is -0.314 e. The Bertz CT molecular complexity index is 327. The van der Waals surface area contributed by atoms with Crippen LogP contribution in [0.2, 0.25) is 0 Å². The van der Waals surface area contributed by atoms with Gasteiger partial charge in [0.1, 0.15) is 0 Å². The molecule has 2 nitrogen and oxygen atoms in total. The lowest BCUT2D eigenvalue weighted by Gasteiger charge is -2.16. The average molecular weight is 174 g/mol. The molecule has 1 aromatic carbocycles. The van der Waals surface area contributed by atoms with E-state index in [-0.39, 0.29) is 0 Å². The summed E-state index contributed by atoms with van der Waals surface area (Å²) in [6, 6.07) is 7.88. The lowest BCUT2D eigenvalue weighted by molar-refractivity contribution is 0.512. The first-order chi connectivity index (χ1) is 6.16. The first-order valence-corrected chi connectivity index (χ1v) is 4.06. The third-order valence-corrected chi connectivity index (χ3v) is 1.92. The minimum atomic E-state index is 0.788. The second kappa shape index (κ2) is 3.92. The Morgan fingerprint density at radius 1 is 1.46 bits per heavy atom. The predicted molar refractivity (Wildman–Crippen MR) is 57.5 cm³/mol. The van der Waals surface area contributed by atoms with Gasteiger partial charge in [0.15, 0.2) is 0 Å². The predicted octanol–water partition coefficient (Wildman–Crippen LogP) is 2.11. The molecular weight excluding hydrogens is 160 g/mol. The van der Waals surface area contributed by atoms with Gasteiger partial charge in [-0.1, -0.05) is 43.5 Å². The molecule has 2 heteroatoms. The molecule has 0 spiro atoms. The van der Waals surface area contributed by atoms with Gasteiger partial charge in [-0.25, -0.2) is 5.84 Å². The molecule has 0 amide bonds. The van der Waals surface area contributed by atoms with Crippen LogP contribution in [0.5, 0.6) is 0 Å².